The maximum Gasteiger partial charge on any atom is 0.156 e. The summed E-state index contributed by atoms with van der Waals surface area (Å²) in [4.78, 5) is 12.7. The smallest absolute Gasteiger partial charge is 0.156 e. The number of hydrogen-bond donors (Lipinski definition) is 0. The van der Waals surface area contributed by atoms with Crippen molar-refractivity contribution in [2.24, 2.45) is 0 Å². The normalized spacial score (nSPS) is 10.9. The molecule has 3 rings (SSSR count). The Hall–Kier alpha value is -1.42. The Morgan fingerprint density at radius 3 is 2.00 bits per heavy atom. The minimum Gasteiger partial charge on any atom is -0.265 e. The Bertz CT molecular complexity index is 760. The lowest BCUT2D eigenvalue weighted by atomic mass is 10.2. The molecule has 0 radical (unpaired) electrons. The summed E-state index contributed by atoms with van der Waals surface area (Å²) >= 11 is 18.1. The molecule has 2 aromatic heterocycles. The topological polar surface area (TPSA) is 38.7 Å². The van der Waals surface area contributed by atoms with Crippen molar-refractivity contribution in [2.45, 2.75) is 0 Å². The standard InChI is InChI=1S/C13H6Cl3N3/c14-8-5-10-11(6-9(8)15)19-13(16)12(18-10)7-1-3-17-4-2-7/h1-6H. The molecule has 3 nitrogen and oxygen atoms in total. The highest BCUT2D eigenvalue weighted by atomic mass is 35.5. The van der Waals surface area contributed by atoms with Gasteiger partial charge in [-0.15, -0.1) is 0 Å². The molecule has 1 aromatic carbocycles. The van der Waals surface area contributed by atoms with Crippen molar-refractivity contribution in [1.29, 1.82) is 0 Å². The van der Waals surface area contributed by atoms with E-state index < -0.39 is 0 Å². The molecular formula is C13H6Cl3N3. The molecule has 94 valence electrons. The summed E-state index contributed by atoms with van der Waals surface area (Å²) in [5.74, 6) is 0. The van der Waals surface area contributed by atoms with Crippen molar-refractivity contribution in [2.75, 3.05) is 0 Å². The molecule has 3 aromatic rings. The second-order valence-corrected chi connectivity index (χ2v) is 5.03. The first-order chi connectivity index (χ1) is 9.15. The molecule has 0 bridgehead atoms. The zero-order valence-corrected chi connectivity index (χ0v) is 11.7. The summed E-state index contributed by atoms with van der Waals surface area (Å²) in [6.45, 7) is 0. The SMILES string of the molecule is Clc1cc2nc(Cl)c(-c3ccncc3)nc2cc1Cl. The Labute approximate surface area is 124 Å². The van der Waals surface area contributed by atoms with E-state index in [0.29, 0.717) is 31.9 Å². The maximum absolute atomic E-state index is 6.16. The van der Waals surface area contributed by atoms with E-state index in [-0.39, 0.29) is 0 Å². The third kappa shape index (κ3) is 2.37. The fourth-order valence-electron chi connectivity index (χ4n) is 1.72. The van der Waals surface area contributed by atoms with E-state index in [4.69, 9.17) is 34.8 Å². The Morgan fingerprint density at radius 1 is 0.789 bits per heavy atom. The first-order valence-electron chi connectivity index (χ1n) is 5.38. The number of halogens is 3. The summed E-state index contributed by atoms with van der Waals surface area (Å²) in [7, 11) is 0. The first-order valence-corrected chi connectivity index (χ1v) is 6.51. The molecule has 2 heterocycles. The van der Waals surface area contributed by atoms with Crippen LogP contribution in [0.5, 0.6) is 0 Å². The summed E-state index contributed by atoms with van der Waals surface area (Å²) in [6, 6.07) is 6.96. The monoisotopic (exact) mass is 309 g/mol. The van der Waals surface area contributed by atoms with Gasteiger partial charge in [0.15, 0.2) is 5.15 Å². The van der Waals surface area contributed by atoms with Gasteiger partial charge in [-0.1, -0.05) is 34.8 Å². The minimum atomic E-state index is 0.317. The zero-order chi connectivity index (χ0) is 13.4. The lowest BCUT2D eigenvalue weighted by Gasteiger charge is -2.06. The predicted octanol–water partition coefficient (Wildman–Crippen LogP) is 4.65. The average Bonchev–Trinajstić information content (AvgIpc) is 2.41. The molecule has 6 heteroatoms. The quantitative estimate of drug-likeness (QED) is 0.656. The second kappa shape index (κ2) is 4.93. The Balaban J connectivity index is 2.27. The Kier molecular flexibility index (Phi) is 3.27. The highest BCUT2D eigenvalue weighted by Gasteiger charge is 2.11. The molecule has 0 saturated heterocycles. The van der Waals surface area contributed by atoms with Crippen LogP contribution in [0.3, 0.4) is 0 Å². The van der Waals surface area contributed by atoms with Gasteiger partial charge in [0.25, 0.3) is 0 Å². The van der Waals surface area contributed by atoms with Crippen molar-refractivity contribution < 1.29 is 0 Å². The van der Waals surface area contributed by atoms with Crippen LogP contribution in [0.1, 0.15) is 0 Å². The number of hydrogen-bond acceptors (Lipinski definition) is 3. The number of fused-ring (bicyclic) bond motifs is 1. The van der Waals surface area contributed by atoms with Gasteiger partial charge in [-0.25, -0.2) is 9.97 Å². The maximum atomic E-state index is 6.16. The molecule has 0 unspecified atom stereocenters. The lowest BCUT2D eigenvalue weighted by molar-refractivity contribution is 1.27. The summed E-state index contributed by atoms with van der Waals surface area (Å²) < 4.78 is 0. The van der Waals surface area contributed by atoms with Crippen LogP contribution in [-0.2, 0) is 0 Å². The van der Waals surface area contributed by atoms with E-state index in [9.17, 15) is 0 Å². The molecule has 0 atom stereocenters. The summed E-state index contributed by atoms with van der Waals surface area (Å²) in [6.07, 6.45) is 3.35. The van der Waals surface area contributed by atoms with Crippen LogP contribution in [0.4, 0.5) is 0 Å². The number of rotatable bonds is 1. The molecular weight excluding hydrogens is 305 g/mol. The second-order valence-electron chi connectivity index (χ2n) is 3.85. The number of benzene rings is 1. The molecule has 0 spiro atoms. The van der Waals surface area contributed by atoms with Crippen LogP contribution in [0, 0.1) is 0 Å². The fourth-order valence-corrected chi connectivity index (χ4v) is 2.28. The number of aromatic nitrogens is 3. The lowest BCUT2D eigenvalue weighted by Crippen LogP contribution is -1.92. The van der Waals surface area contributed by atoms with Crippen LogP contribution >= 0.6 is 34.8 Å². The van der Waals surface area contributed by atoms with Gasteiger partial charge in [0.2, 0.25) is 0 Å². The van der Waals surface area contributed by atoms with Crippen LogP contribution in [-0.4, -0.2) is 15.0 Å². The van der Waals surface area contributed by atoms with E-state index in [1.54, 1.807) is 24.5 Å². The van der Waals surface area contributed by atoms with Gasteiger partial charge in [0.1, 0.15) is 5.69 Å². The highest BCUT2D eigenvalue weighted by molar-refractivity contribution is 6.42. The average molecular weight is 311 g/mol. The zero-order valence-electron chi connectivity index (χ0n) is 9.44. The van der Waals surface area contributed by atoms with Crippen molar-refractivity contribution in [3.63, 3.8) is 0 Å². The van der Waals surface area contributed by atoms with Crippen molar-refractivity contribution in [3.8, 4) is 11.3 Å². The van der Waals surface area contributed by atoms with E-state index in [1.807, 2.05) is 12.1 Å². The van der Waals surface area contributed by atoms with Crippen molar-refractivity contribution in [3.05, 3.63) is 51.9 Å². The molecule has 0 fully saturated rings. The summed E-state index contributed by atoms with van der Waals surface area (Å²) in [5, 5.41) is 1.18. The van der Waals surface area contributed by atoms with Gasteiger partial charge in [-0.3, -0.25) is 4.98 Å². The first kappa shape index (κ1) is 12.6. The molecule has 0 aliphatic rings. The predicted molar refractivity (Wildman–Crippen MR) is 77.8 cm³/mol. The largest absolute Gasteiger partial charge is 0.265 e. The molecule has 19 heavy (non-hydrogen) atoms. The highest BCUT2D eigenvalue weighted by Crippen LogP contribution is 2.30. The van der Waals surface area contributed by atoms with Gasteiger partial charge in [-0.2, -0.15) is 0 Å². The number of pyridine rings is 1. The Morgan fingerprint density at radius 2 is 1.37 bits per heavy atom. The minimum absolute atomic E-state index is 0.317. The number of nitrogens with zero attached hydrogens (tertiary/aromatic N) is 3. The van der Waals surface area contributed by atoms with E-state index in [0.717, 1.165) is 5.56 Å². The molecule has 0 N–H and O–H groups in total. The molecule has 0 aliphatic heterocycles. The van der Waals surface area contributed by atoms with Crippen LogP contribution in [0.25, 0.3) is 22.3 Å². The molecule has 0 saturated carbocycles. The third-order valence-electron chi connectivity index (χ3n) is 2.62. The van der Waals surface area contributed by atoms with Gasteiger partial charge in [0, 0.05) is 18.0 Å². The van der Waals surface area contributed by atoms with Gasteiger partial charge in [-0.05, 0) is 24.3 Å². The van der Waals surface area contributed by atoms with Gasteiger partial charge in [0.05, 0.1) is 21.1 Å². The molecule has 0 amide bonds. The fraction of sp³-hybridized carbons (Fsp3) is 0. The van der Waals surface area contributed by atoms with Gasteiger partial charge < -0.3 is 0 Å². The molecule has 0 aliphatic carbocycles. The van der Waals surface area contributed by atoms with Crippen LogP contribution in [0.15, 0.2) is 36.7 Å². The van der Waals surface area contributed by atoms with Crippen molar-refractivity contribution >= 4 is 45.8 Å². The van der Waals surface area contributed by atoms with Crippen molar-refractivity contribution in [1.82, 2.24) is 15.0 Å². The van der Waals surface area contributed by atoms with E-state index >= 15 is 0 Å². The van der Waals surface area contributed by atoms with Crippen LogP contribution < -0.4 is 0 Å². The van der Waals surface area contributed by atoms with E-state index in [2.05, 4.69) is 15.0 Å². The van der Waals surface area contributed by atoms with Crippen LogP contribution in [0.2, 0.25) is 15.2 Å². The van der Waals surface area contributed by atoms with E-state index in [1.165, 1.54) is 0 Å². The summed E-state index contributed by atoms with van der Waals surface area (Å²) in [5.41, 5.74) is 2.69. The third-order valence-corrected chi connectivity index (χ3v) is 3.60. The van der Waals surface area contributed by atoms with Gasteiger partial charge >= 0.3 is 0 Å².